The van der Waals surface area contributed by atoms with Gasteiger partial charge < -0.3 is 10.1 Å². The fourth-order valence-electron chi connectivity index (χ4n) is 2.06. The van der Waals surface area contributed by atoms with Gasteiger partial charge in [0, 0.05) is 32.7 Å². The highest BCUT2D eigenvalue weighted by Gasteiger charge is 2.15. The van der Waals surface area contributed by atoms with Gasteiger partial charge in [0.2, 0.25) is 0 Å². The second-order valence-electron chi connectivity index (χ2n) is 6.22. The molecule has 0 heterocycles. The van der Waals surface area contributed by atoms with Gasteiger partial charge in [-0.3, -0.25) is 0 Å². The van der Waals surface area contributed by atoms with Crippen LogP contribution in [0.25, 0.3) is 0 Å². The SMILES string of the molecule is CCC(C)(C)NCc1cc(Br)ccc1OCc1ccccc1Cl. The molecule has 1 N–H and O–H groups in total. The van der Waals surface area contributed by atoms with Crippen LogP contribution < -0.4 is 10.1 Å². The van der Waals surface area contributed by atoms with E-state index in [1.807, 2.05) is 36.4 Å². The Labute approximate surface area is 152 Å². The maximum absolute atomic E-state index is 6.20. The zero-order valence-corrected chi connectivity index (χ0v) is 16.2. The van der Waals surface area contributed by atoms with Crippen LogP contribution in [-0.2, 0) is 13.2 Å². The molecule has 0 bridgehead atoms. The van der Waals surface area contributed by atoms with Gasteiger partial charge in [-0.05, 0) is 44.5 Å². The van der Waals surface area contributed by atoms with Crippen LogP contribution in [0.1, 0.15) is 38.3 Å². The first-order valence-corrected chi connectivity index (χ1v) is 8.98. The Balaban J connectivity index is 2.10. The molecule has 0 amide bonds. The first kappa shape index (κ1) is 18.3. The van der Waals surface area contributed by atoms with Gasteiger partial charge in [0.05, 0.1) is 0 Å². The van der Waals surface area contributed by atoms with E-state index in [4.69, 9.17) is 16.3 Å². The molecular formula is C19H23BrClNO. The number of nitrogens with one attached hydrogen (secondary N) is 1. The Morgan fingerprint density at radius 2 is 1.87 bits per heavy atom. The smallest absolute Gasteiger partial charge is 0.124 e. The lowest BCUT2D eigenvalue weighted by Crippen LogP contribution is -2.37. The zero-order chi connectivity index (χ0) is 16.9. The molecule has 2 aromatic carbocycles. The molecule has 0 unspecified atom stereocenters. The molecule has 0 aromatic heterocycles. The Bertz CT molecular complexity index is 658. The van der Waals surface area contributed by atoms with Gasteiger partial charge in [0.1, 0.15) is 12.4 Å². The van der Waals surface area contributed by atoms with E-state index in [0.29, 0.717) is 6.61 Å². The van der Waals surface area contributed by atoms with Crippen LogP contribution in [0.4, 0.5) is 0 Å². The van der Waals surface area contributed by atoms with Crippen molar-refractivity contribution in [3.63, 3.8) is 0 Å². The van der Waals surface area contributed by atoms with Crippen molar-refractivity contribution < 1.29 is 4.74 Å². The largest absolute Gasteiger partial charge is 0.489 e. The van der Waals surface area contributed by atoms with E-state index in [0.717, 1.165) is 39.3 Å². The van der Waals surface area contributed by atoms with Crippen molar-refractivity contribution in [2.75, 3.05) is 0 Å². The number of ether oxygens (including phenoxy) is 1. The monoisotopic (exact) mass is 395 g/mol. The van der Waals surface area contributed by atoms with Crippen LogP contribution in [-0.4, -0.2) is 5.54 Å². The Morgan fingerprint density at radius 1 is 1.13 bits per heavy atom. The van der Waals surface area contributed by atoms with E-state index in [2.05, 4.69) is 48.1 Å². The van der Waals surface area contributed by atoms with Crippen LogP contribution >= 0.6 is 27.5 Å². The van der Waals surface area contributed by atoms with E-state index in [-0.39, 0.29) is 5.54 Å². The van der Waals surface area contributed by atoms with Crippen LogP contribution in [0, 0.1) is 0 Å². The molecule has 0 aliphatic carbocycles. The minimum Gasteiger partial charge on any atom is -0.489 e. The molecule has 0 fully saturated rings. The summed E-state index contributed by atoms with van der Waals surface area (Å²) in [5.41, 5.74) is 2.22. The molecule has 2 rings (SSSR count). The second-order valence-corrected chi connectivity index (χ2v) is 7.55. The Morgan fingerprint density at radius 3 is 2.57 bits per heavy atom. The van der Waals surface area contributed by atoms with E-state index < -0.39 is 0 Å². The number of hydrogen-bond acceptors (Lipinski definition) is 2. The molecule has 4 heteroatoms. The maximum atomic E-state index is 6.20. The van der Waals surface area contributed by atoms with Gasteiger partial charge in [0.25, 0.3) is 0 Å². The van der Waals surface area contributed by atoms with E-state index in [1.54, 1.807) is 0 Å². The lowest BCUT2D eigenvalue weighted by molar-refractivity contribution is 0.298. The molecule has 0 radical (unpaired) electrons. The van der Waals surface area contributed by atoms with Crippen molar-refractivity contribution >= 4 is 27.5 Å². The van der Waals surface area contributed by atoms with Crippen LogP contribution in [0.3, 0.4) is 0 Å². The third kappa shape index (κ3) is 5.52. The molecule has 0 spiro atoms. The predicted octanol–water partition coefficient (Wildman–Crippen LogP) is 5.96. The van der Waals surface area contributed by atoms with Gasteiger partial charge in [-0.2, -0.15) is 0 Å². The fraction of sp³-hybridized carbons (Fsp3) is 0.368. The number of hydrogen-bond donors (Lipinski definition) is 1. The molecule has 0 aliphatic heterocycles. The lowest BCUT2D eigenvalue weighted by Gasteiger charge is -2.25. The summed E-state index contributed by atoms with van der Waals surface area (Å²) in [4.78, 5) is 0. The van der Waals surface area contributed by atoms with Crippen molar-refractivity contribution in [1.29, 1.82) is 0 Å². The van der Waals surface area contributed by atoms with Crippen LogP contribution in [0.5, 0.6) is 5.75 Å². The van der Waals surface area contributed by atoms with Crippen molar-refractivity contribution in [3.05, 3.63) is 63.1 Å². The van der Waals surface area contributed by atoms with Gasteiger partial charge in [-0.25, -0.2) is 0 Å². The summed E-state index contributed by atoms with van der Waals surface area (Å²) >= 11 is 9.73. The quantitative estimate of drug-likeness (QED) is 0.623. The normalized spacial score (nSPS) is 11.5. The number of rotatable bonds is 7. The summed E-state index contributed by atoms with van der Waals surface area (Å²) in [6, 6.07) is 13.9. The van der Waals surface area contributed by atoms with Crippen molar-refractivity contribution in [2.45, 2.75) is 45.9 Å². The molecule has 0 atom stereocenters. The first-order valence-electron chi connectivity index (χ1n) is 7.81. The standard InChI is InChI=1S/C19H23BrClNO/c1-4-19(2,3)22-12-15-11-16(20)9-10-18(15)23-13-14-7-5-6-8-17(14)21/h5-11,22H,4,12-13H2,1-3H3. The maximum Gasteiger partial charge on any atom is 0.124 e. The highest BCUT2D eigenvalue weighted by Crippen LogP contribution is 2.26. The highest BCUT2D eigenvalue weighted by molar-refractivity contribution is 9.10. The van der Waals surface area contributed by atoms with Gasteiger partial charge in [-0.1, -0.05) is 52.7 Å². The molecule has 0 saturated heterocycles. The summed E-state index contributed by atoms with van der Waals surface area (Å²) in [6.07, 6.45) is 1.07. The summed E-state index contributed by atoms with van der Waals surface area (Å²) in [7, 11) is 0. The minimum absolute atomic E-state index is 0.0995. The number of benzene rings is 2. The predicted molar refractivity (Wildman–Crippen MR) is 101 cm³/mol. The average Bonchev–Trinajstić information content (AvgIpc) is 2.53. The lowest BCUT2D eigenvalue weighted by atomic mass is 10.0. The summed E-state index contributed by atoms with van der Waals surface area (Å²) < 4.78 is 7.06. The Kier molecular flexibility index (Phi) is 6.51. The molecule has 0 aliphatic rings. The zero-order valence-electron chi connectivity index (χ0n) is 13.8. The molecular weight excluding hydrogens is 374 g/mol. The summed E-state index contributed by atoms with van der Waals surface area (Å²) in [5.74, 6) is 0.882. The van der Waals surface area contributed by atoms with Gasteiger partial charge in [0.15, 0.2) is 0 Å². The Hall–Kier alpha value is -1.03. The first-order chi connectivity index (χ1) is 10.9. The molecule has 124 valence electrons. The molecule has 23 heavy (non-hydrogen) atoms. The van der Waals surface area contributed by atoms with E-state index in [9.17, 15) is 0 Å². The third-order valence-electron chi connectivity index (χ3n) is 4.00. The van der Waals surface area contributed by atoms with Gasteiger partial charge in [-0.15, -0.1) is 0 Å². The fourth-order valence-corrected chi connectivity index (χ4v) is 2.66. The van der Waals surface area contributed by atoms with Crippen LogP contribution in [0.2, 0.25) is 5.02 Å². The minimum atomic E-state index is 0.0995. The van der Waals surface area contributed by atoms with Crippen LogP contribution in [0.15, 0.2) is 46.9 Å². The van der Waals surface area contributed by atoms with E-state index in [1.165, 1.54) is 0 Å². The van der Waals surface area contributed by atoms with Gasteiger partial charge >= 0.3 is 0 Å². The van der Waals surface area contributed by atoms with E-state index >= 15 is 0 Å². The second kappa shape index (κ2) is 8.18. The van der Waals surface area contributed by atoms with Crippen molar-refractivity contribution in [3.8, 4) is 5.75 Å². The molecule has 0 saturated carbocycles. The van der Waals surface area contributed by atoms with Crippen molar-refractivity contribution in [1.82, 2.24) is 5.32 Å². The summed E-state index contributed by atoms with van der Waals surface area (Å²) in [5, 5.41) is 4.31. The third-order valence-corrected chi connectivity index (χ3v) is 4.87. The highest BCUT2D eigenvalue weighted by atomic mass is 79.9. The average molecular weight is 397 g/mol. The van der Waals surface area contributed by atoms with Crippen molar-refractivity contribution in [2.24, 2.45) is 0 Å². The topological polar surface area (TPSA) is 21.3 Å². The number of halogens is 2. The molecule has 2 aromatic rings. The summed E-state index contributed by atoms with van der Waals surface area (Å²) in [6.45, 7) is 7.82. The molecule has 2 nitrogen and oxygen atoms in total.